The number of hydrogen-bond donors (Lipinski definition) is 1. The monoisotopic (exact) mass is 215 g/mol. The molecule has 0 aliphatic heterocycles. The van der Waals surface area contributed by atoms with E-state index in [1.807, 2.05) is 0 Å². The molecule has 1 fully saturated rings. The summed E-state index contributed by atoms with van der Waals surface area (Å²) < 4.78 is 2.16. The van der Waals surface area contributed by atoms with E-state index in [0.29, 0.717) is 5.92 Å². The summed E-state index contributed by atoms with van der Waals surface area (Å²) in [7, 11) is 2.07. The summed E-state index contributed by atoms with van der Waals surface area (Å²) in [5.74, 6) is 0.600. The summed E-state index contributed by atoms with van der Waals surface area (Å²) in [4.78, 5) is 0. The summed E-state index contributed by atoms with van der Waals surface area (Å²) in [6, 6.07) is 8.43. The molecule has 1 N–H and O–H groups in total. The lowest BCUT2D eigenvalue weighted by Crippen LogP contribution is -2.14. The van der Waals surface area contributed by atoms with E-state index < -0.39 is 0 Å². The first-order chi connectivity index (χ1) is 7.69. The SMILES string of the molecule is CC1CC1(CO)c1cn(C)c2ccccc12. The maximum atomic E-state index is 9.64. The zero-order chi connectivity index (χ0) is 11.3. The summed E-state index contributed by atoms with van der Waals surface area (Å²) in [5, 5.41) is 10.9. The van der Waals surface area contributed by atoms with Gasteiger partial charge in [-0.25, -0.2) is 0 Å². The minimum absolute atomic E-state index is 0.0286. The van der Waals surface area contributed by atoms with E-state index in [1.165, 1.54) is 16.5 Å². The second-order valence-corrected chi connectivity index (χ2v) is 5.09. The average Bonchev–Trinajstić information content (AvgIpc) is 2.86. The Labute approximate surface area is 95.5 Å². The van der Waals surface area contributed by atoms with Gasteiger partial charge < -0.3 is 9.67 Å². The summed E-state index contributed by atoms with van der Waals surface area (Å²) in [6.45, 7) is 2.49. The van der Waals surface area contributed by atoms with E-state index in [4.69, 9.17) is 0 Å². The summed E-state index contributed by atoms with van der Waals surface area (Å²) in [6.07, 6.45) is 3.29. The number of aliphatic hydroxyl groups excluding tert-OH is 1. The largest absolute Gasteiger partial charge is 0.395 e. The van der Waals surface area contributed by atoms with Crippen LogP contribution in [0.5, 0.6) is 0 Å². The first kappa shape index (κ1) is 9.91. The summed E-state index contributed by atoms with van der Waals surface area (Å²) in [5.41, 5.74) is 2.60. The van der Waals surface area contributed by atoms with Gasteiger partial charge in [-0.2, -0.15) is 0 Å². The highest BCUT2D eigenvalue weighted by atomic mass is 16.3. The number of aliphatic hydroxyl groups is 1. The number of aromatic nitrogens is 1. The van der Waals surface area contributed by atoms with Gasteiger partial charge in [0.1, 0.15) is 0 Å². The van der Waals surface area contributed by atoms with E-state index in [9.17, 15) is 5.11 Å². The molecular formula is C14H17NO. The van der Waals surface area contributed by atoms with Gasteiger partial charge in [0.05, 0.1) is 6.61 Å². The first-order valence-corrected chi connectivity index (χ1v) is 5.84. The van der Waals surface area contributed by atoms with Crippen molar-refractivity contribution in [3.05, 3.63) is 36.0 Å². The highest BCUT2D eigenvalue weighted by molar-refractivity contribution is 5.85. The molecule has 16 heavy (non-hydrogen) atoms. The third-order valence-electron chi connectivity index (χ3n) is 4.17. The molecule has 2 nitrogen and oxygen atoms in total. The van der Waals surface area contributed by atoms with Crippen LogP contribution in [0.3, 0.4) is 0 Å². The average molecular weight is 215 g/mol. The topological polar surface area (TPSA) is 25.2 Å². The molecule has 1 aliphatic carbocycles. The fourth-order valence-electron chi connectivity index (χ4n) is 2.91. The van der Waals surface area contributed by atoms with Crippen molar-refractivity contribution in [1.82, 2.24) is 4.57 Å². The molecule has 1 aromatic heterocycles. The Morgan fingerprint density at radius 3 is 2.75 bits per heavy atom. The lowest BCUT2D eigenvalue weighted by Gasteiger charge is -2.11. The van der Waals surface area contributed by atoms with E-state index in [2.05, 4.69) is 49.0 Å². The number of rotatable bonds is 2. The molecule has 1 saturated carbocycles. The van der Waals surface area contributed by atoms with Crippen molar-refractivity contribution in [2.24, 2.45) is 13.0 Å². The molecule has 84 valence electrons. The van der Waals surface area contributed by atoms with Crippen LogP contribution in [0.4, 0.5) is 0 Å². The van der Waals surface area contributed by atoms with E-state index >= 15 is 0 Å². The zero-order valence-corrected chi connectivity index (χ0v) is 9.77. The Morgan fingerprint density at radius 1 is 1.44 bits per heavy atom. The van der Waals surface area contributed by atoms with E-state index in [0.717, 1.165) is 6.42 Å². The Bertz CT molecular complexity index is 539. The Kier molecular flexibility index (Phi) is 1.93. The second kappa shape index (κ2) is 3.11. The minimum atomic E-state index is 0.0286. The molecule has 1 aromatic carbocycles. The normalized spacial score (nSPS) is 28.6. The molecule has 1 aliphatic rings. The van der Waals surface area contributed by atoms with Gasteiger partial charge in [-0.1, -0.05) is 25.1 Å². The van der Waals surface area contributed by atoms with Crippen LogP contribution in [0.2, 0.25) is 0 Å². The molecule has 2 heteroatoms. The molecule has 0 saturated heterocycles. The van der Waals surface area contributed by atoms with Crippen LogP contribution in [0.1, 0.15) is 18.9 Å². The fraction of sp³-hybridized carbons (Fsp3) is 0.429. The Morgan fingerprint density at radius 2 is 2.12 bits per heavy atom. The van der Waals surface area contributed by atoms with E-state index in [1.54, 1.807) is 0 Å². The Hall–Kier alpha value is -1.28. The van der Waals surface area contributed by atoms with Gasteiger partial charge in [0.25, 0.3) is 0 Å². The lowest BCUT2D eigenvalue weighted by atomic mass is 9.94. The predicted molar refractivity (Wildman–Crippen MR) is 65.5 cm³/mol. The highest BCUT2D eigenvalue weighted by Gasteiger charge is 2.53. The first-order valence-electron chi connectivity index (χ1n) is 5.84. The van der Waals surface area contributed by atoms with Crippen LogP contribution in [0.15, 0.2) is 30.5 Å². The fourth-order valence-corrected chi connectivity index (χ4v) is 2.91. The number of para-hydroxylation sites is 1. The maximum Gasteiger partial charge on any atom is 0.0531 e. The maximum absolute atomic E-state index is 9.64. The van der Waals surface area contributed by atoms with Crippen molar-refractivity contribution >= 4 is 10.9 Å². The van der Waals surface area contributed by atoms with Crippen LogP contribution in [-0.4, -0.2) is 16.3 Å². The molecule has 1 heterocycles. The van der Waals surface area contributed by atoms with Gasteiger partial charge in [0.2, 0.25) is 0 Å². The van der Waals surface area contributed by atoms with Crippen LogP contribution in [0.25, 0.3) is 10.9 Å². The molecule has 2 atom stereocenters. The van der Waals surface area contributed by atoms with Crippen molar-refractivity contribution < 1.29 is 5.11 Å². The van der Waals surface area contributed by atoms with Crippen LogP contribution in [-0.2, 0) is 12.5 Å². The van der Waals surface area contributed by atoms with Gasteiger partial charge in [-0.05, 0) is 24.0 Å². The van der Waals surface area contributed by atoms with Gasteiger partial charge in [0, 0.05) is 29.6 Å². The summed E-state index contributed by atoms with van der Waals surface area (Å²) >= 11 is 0. The standard InChI is InChI=1S/C14H17NO/c1-10-7-14(10,9-16)12-8-15(2)13-6-4-3-5-11(12)13/h3-6,8,10,16H,7,9H2,1-2H3. The molecule has 3 rings (SSSR count). The molecule has 0 bridgehead atoms. The number of hydrogen-bond acceptors (Lipinski definition) is 1. The zero-order valence-electron chi connectivity index (χ0n) is 9.77. The van der Waals surface area contributed by atoms with Gasteiger partial charge >= 0.3 is 0 Å². The molecule has 2 unspecified atom stereocenters. The van der Waals surface area contributed by atoms with Crippen molar-refractivity contribution in [3.8, 4) is 0 Å². The number of nitrogens with zero attached hydrogens (tertiary/aromatic N) is 1. The van der Waals surface area contributed by atoms with Crippen LogP contribution < -0.4 is 0 Å². The number of fused-ring (bicyclic) bond motifs is 1. The molecule has 2 aromatic rings. The third-order valence-corrected chi connectivity index (χ3v) is 4.17. The van der Waals surface area contributed by atoms with Crippen molar-refractivity contribution in [3.63, 3.8) is 0 Å². The minimum Gasteiger partial charge on any atom is -0.395 e. The smallest absolute Gasteiger partial charge is 0.0531 e. The van der Waals surface area contributed by atoms with Crippen LogP contribution in [0, 0.1) is 5.92 Å². The second-order valence-electron chi connectivity index (χ2n) is 5.09. The third kappa shape index (κ3) is 1.11. The number of aryl methyl sites for hydroxylation is 1. The molecule has 0 radical (unpaired) electrons. The Balaban J connectivity index is 2.25. The highest BCUT2D eigenvalue weighted by Crippen LogP contribution is 2.55. The quantitative estimate of drug-likeness (QED) is 0.818. The van der Waals surface area contributed by atoms with Crippen LogP contribution >= 0.6 is 0 Å². The lowest BCUT2D eigenvalue weighted by molar-refractivity contribution is 0.247. The van der Waals surface area contributed by atoms with E-state index in [-0.39, 0.29) is 12.0 Å². The van der Waals surface area contributed by atoms with Gasteiger partial charge in [-0.15, -0.1) is 0 Å². The van der Waals surface area contributed by atoms with Crippen molar-refractivity contribution in [2.75, 3.05) is 6.61 Å². The van der Waals surface area contributed by atoms with Gasteiger partial charge in [0.15, 0.2) is 0 Å². The van der Waals surface area contributed by atoms with Crippen molar-refractivity contribution in [1.29, 1.82) is 0 Å². The van der Waals surface area contributed by atoms with Crippen molar-refractivity contribution in [2.45, 2.75) is 18.8 Å². The molecule has 0 amide bonds. The predicted octanol–water partition coefficient (Wildman–Crippen LogP) is 2.45. The molecule has 0 spiro atoms. The molecular weight excluding hydrogens is 198 g/mol. The van der Waals surface area contributed by atoms with Gasteiger partial charge in [-0.3, -0.25) is 0 Å². The number of benzene rings is 1.